The van der Waals surface area contributed by atoms with E-state index in [1.807, 2.05) is 6.92 Å². The van der Waals surface area contributed by atoms with Gasteiger partial charge in [-0.15, -0.1) is 0 Å². The van der Waals surface area contributed by atoms with Gasteiger partial charge in [0.2, 0.25) is 0 Å². The van der Waals surface area contributed by atoms with E-state index in [0.717, 1.165) is 6.42 Å². The van der Waals surface area contributed by atoms with Crippen LogP contribution in [-0.4, -0.2) is 73.3 Å². The molecule has 3 saturated heterocycles. The van der Waals surface area contributed by atoms with Crippen LogP contribution in [0.15, 0.2) is 36.0 Å². The highest BCUT2D eigenvalue weighted by Gasteiger charge is 2.83. The summed E-state index contributed by atoms with van der Waals surface area (Å²) in [6, 6.07) is 0. The second kappa shape index (κ2) is 8.00. The molecule has 36 heavy (non-hydrogen) atoms. The Morgan fingerprint density at radius 3 is 2.44 bits per heavy atom. The summed E-state index contributed by atoms with van der Waals surface area (Å²) in [6.45, 7) is 6.71. The minimum atomic E-state index is -0.739. The maximum Gasteiger partial charge on any atom is 0.338 e. The van der Waals surface area contributed by atoms with Crippen LogP contribution >= 0.6 is 0 Å². The third-order valence-corrected chi connectivity index (χ3v) is 9.47. The number of carbonyl (C=O) groups excluding carboxylic acids is 3. The minimum Gasteiger partial charge on any atom is -0.463 e. The maximum absolute atomic E-state index is 13.1. The van der Waals surface area contributed by atoms with Crippen LogP contribution in [0.1, 0.15) is 46.5 Å². The molecule has 9 heteroatoms. The summed E-state index contributed by atoms with van der Waals surface area (Å²) in [6.07, 6.45) is 8.23. The van der Waals surface area contributed by atoms with E-state index in [-0.39, 0.29) is 25.4 Å². The van der Waals surface area contributed by atoms with E-state index in [9.17, 15) is 14.4 Å². The largest absolute Gasteiger partial charge is 0.463 e. The lowest BCUT2D eigenvalue weighted by Crippen LogP contribution is -2.66. The lowest BCUT2D eigenvalue weighted by Gasteiger charge is -2.58. The normalized spacial score (nSPS) is 49.8. The standard InChI is InChI=1S/C27H32O9/c1-16-8-9-26-14-32-23(30)22-24(2,36-22)10-11-31-20(28)6-4-5-7-21(29)35-17-13-19(34-18(26)12-16)27(15-33-27)25(17,26)3/h4-7,12,17-19,22H,8-11,13-15H2,1-3H3/b6-4+,7-5+. The van der Waals surface area contributed by atoms with Crippen LogP contribution in [0, 0.1) is 10.8 Å². The van der Waals surface area contributed by atoms with Gasteiger partial charge in [0.1, 0.15) is 23.9 Å². The Morgan fingerprint density at radius 2 is 1.69 bits per heavy atom. The molecule has 0 N–H and O–H groups in total. The van der Waals surface area contributed by atoms with Crippen LogP contribution in [0.25, 0.3) is 0 Å². The predicted molar refractivity (Wildman–Crippen MR) is 123 cm³/mol. The van der Waals surface area contributed by atoms with Gasteiger partial charge in [-0.3, -0.25) is 0 Å². The zero-order valence-corrected chi connectivity index (χ0v) is 20.8. The summed E-state index contributed by atoms with van der Waals surface area (Å²) in [5.41, 5.74) is -1.36. The van der Waals surface area contributed by atoms with Crippen LogP contribution in [0.3, 0.4) is 0 Å². The van der Waals surface area contributed by atoms with Crippen molar-refractivity contribution >= 4 is 17.9 Å². The first kappa shape index (κ1) is 23.9. The third kappa shape index (κ3) is 3.35. The zero-order chi connectivity index (χ0) is 25.3. The average Bonchev–Trinajstić information content (AvgIpc) is 3.74. The highest BCUT2D eigenvalue weighted by molar-refractivity contribution is 5.84. The van der Waals surface area contributed by atoms with Crippen molar-refractivity contribution in [1.29, 1.82) is 0 Å². The summed E-state index contributed by atoms with van der Waals surface area (Å²) in [4.78, 5) is 37.8. The van der Waals surface area contributed by atoms with E-state index in [4.69, 9.17) is 28.4 Å². The van der Waals surface area contributed by atoms with Crippen molar-refractivity contribution in [3.8, 4) is 0 Å². The number of ether oxygens (including phenoxy) is 6. The molecule has 6 aliphatic rings. The fraction of sp³-hybridized carbons (Fsp3) is 0.667. The number of hydrogen-bond acceptors (Lipinski definition) is 9. The summed E-state index contributed by atoms with van der Waals surface area (Å²) in [5, 5.41) is 0. The molecule has 0 amide bonds. The molecular weight excluding hydrogens is 468 g/mol. The molecule has 6 rings (SSSR count). The second-order valence-electron chi connectivity index (χ2n) is 11.3. The van der Waals surface area contributed by atoms with Crippen molar-refractivity contribution < 1.29 is 42.8 Å². The van der Waals surface area contributed by atoms with Gasteiger partial charge in [0.15, 0.2) is 6.10 Å². The number of hydrogen-bond donors (Lipinski definition) is 0. The van der Waals surface area contributed by atoms with Crippen molar-refractivity contribution in [3.05, 3.63) is 36.0 Å². The van der Waals surface area contributed by atoms with Crippen LogP contribution in [-0.2, 0) is 42.8 Å². The first-order valence-electron chi connectivity index (χ1n) is 12.7. The Labute approximate surface area is 209 Å². The summed E-state index contributed by atoms with van der Waals surface area (Å²) in [5.74, 6) is -1.51. The molecule has 2 spiro atoms. The molecule has 0 aromatic carbocycles. The van der Waals surface area contributed by atoms with Gasteiger partial charge in [-0.25, -0.2) is 14.4 Å². The van der Waals surface area contributed by atoms with Gasteiger partial charge < -0.3 is 28.4 Å². The predicted octanol–water partition coefficient (Wildman–Crippen LogP) is 2.33. The van der Waals surface area contributed by atoms with Crippen LogP contribution in [0.2, 0.25) is 0 Å². The third-order valence-electron chi connectivity index (χ3n) is 9.47. The topological polar surface area (TPSA) is 113 Å². The number of rotatable bonds is 0. The molecule has 4 heterocycles. The van der Waals surface area contributed by atoms with E-state index in [1.54, 1.807) is 0 Å². The zero-order valence-electron chi connectivity index (χ0n) is 20.8. The fourth-order valence-corrected chi connectivity index (χ4v) is 6.98. The van der Waals surface area contributed by atoms with Gasteiger partial charge in [0.25, 0.3) is 0 Å². The monoisotopic (exact) mass is 500 g/mol. The van der Waals surface area contributed by atoms with E-state index < -0.39 is 52.1 Å². The number of cyclic esters (lactones) is 2. The molecule has 194 valence electrons. The lowest BCUT2D eigenvalue weighted by molar-refractivity contribution is -0.233. The summed E-state index contributed by atoms with van der Waals surface area (Å²) >= 11 is 0. The van der Waals surface area contributed by atoms with Crippen molar-refractivity contribution in [2.45, 2.75) is 82.1 Å². The SMILES string of the molecule is CC1=CC2OC3CC4OC(=O)/C=C/C=C/C(=O)OCCC5(C)OC5C(=O)OCC2(CC1)C4(C)C31CO1. The van der Waals surface area contributed by atoms with Crippen molar-refractivity contribution in [1.82, 2.24) is 0 Å². The van der Waals surface area contributed by atoms with E-state index >= 15 is 0 Å². The van der Waals surface area contributed by atoms with E-state index in [2.05, 4.69) is 19.9 Å². The average molecular weight is 501 g/mol. The highest BCUT2D eigenvalue weighted by atomic mass is 16.7. The number of epoxide rings is 2. The molecular formula is C27H32O9. The number of carbonyl (C=O) groups is 3. The molecule has 8 unspecified atom stereocenters. The summed E-state index contributed by atoms with van der Waals surface area (Å²) < 4.78 is 35.6. The van der Waals surface area contributed by atoms with Gasteiger partial charge >= 0.3 is 17.9 Å². The first-order chi connectivity index (χ1) is 17.1. The molecule has 0 radical (unpaired) electrons. The molecule has 8 atom stereocenters. The quantitative estimate of drug-likeness (QED) is 0.214. The van der Waals surface area contributed by atoms with Crippen molar-refractivity contribution in [2.75, 3.05) is 19.8 Å². The van der Waals surface area contributed by atoms with Gasteiger partial charge in [-0.05, 0) is 26.7 Å². The maximum atomic E-state index is 13.1. The second-order valence-corrected chi connectivity index (χ2v) is 11.3. The van der Waals surface area contributed by atoms with Gasteiger partial charge in [0.05, 0.1) is 30.8 Å². The molecule has 4 aliphatic heterocycles. The lowest BCUT2D eigenvalue weighted by atomic mass is 9.51. The molecule has 9 nitrogen and oxygen atoms in total. The van der Waals surface area contributed by atoms with E-state index in [1.165, 1.54) is 29.9 Å². The highest BCUT2D eigenvalue weighted by Crippen LogP contribution is 2.72. The Morgan fingerprint density at radius 1 is 0.944 bits per heavy atom. The molecule has 1 saturated carbocycles. The van der Waals surface area contributed by atoms with E-state index in [0.29, 0.717) is 25.9 Å². The molecule has 4 fully saturated rings. The smallest absolute Gasteiger partial charge is 0.338 e. The fourth-order valence-electron chi connectivity index (χ4n) is 6.98. The Bertz CT molecular complexity index is 1090. The van der Waals surface area contributed by atoms with Crippen LogP contribution < -0.4 is 0 Å². The van der Waals surface area contributed by atoms with Crippen LogP contribution in [0.5, 0.6) is 0 Å². The minimum absolute atomic E-state index is 0.0974. The first-order valence-corrected chi connectivity index (χ1v) is 12.7. The van der Waals surface area contributed by atoms with Gasteiger partial charge in [-0.2, -0.15) is 0 Å². The van der Waals surface area contributed by atoms with Gasteiger partial charge in [0, 0.05) is 30.4 Å². The Balaban J connectivity index is 1.37. The van der Waals surface area contributed by atoms with Crippen molar-refractivity contribution in [2.24, 2.45) is 10.8 Å². The van der Waals surface area contributed by atoms with Crippen molar-refractivity contribution in [3.63, 3.8) is 0 Å². The number of esters is 3. The molecule has 0 aromatic rings. The molecule has 0 aromatic heterocycles. The number of fused-ring (bicyclic) bond motifs is 1. The molecule has 2 aliphatic carbocycles. The summed E-state index contributed by atoms with van der Waals surface area (Å²) in [7, 11) is 0. The Hall–Kier alpha value is -2.49. The van der Waals surface area contributed by atoms with Gasteiger partial charge in [-0.1, -0.05) is 30.7 Å². The number of allylic oxidation sites excluding steroid dienone is 3. The molecule has 2 bridgehead atoms. The van der Waals surface area contributed by atoms with Crippen LogP contribution in [0.4, 0.5) is 0 Å². The Kier molecular flexibility index (Phi) is 5.31.